The lowest BCUT2D eigenvalue weighted by Gasteiger charge is -2.11. The molecule has 1 N–H and O–H groups in total. The van der Waals surface area contributed by atoms with Crippen LogP contribution in [0.1, 0.15) is 6.42 Å². The number of aliphatic hydroxyl groups excluding tert-OH is 1. The Morgan fingerprint density at radius 3 is 2.18 bits per heavy atom. The number of halogens is 2. The molecule has 0 aliphatic rings. The fraction of sp³-hybridized carbons (Fsp3) is 1.00. The second-order valence-corrected chi connectivity index (χ2v) is 4.65. The van der Waals surface area contributed by atoms with Crippen LogP contribution >= 0.6 is 0 Å². The van der Waals surface area contributed by atoms with Gasteiger partial charge in [-0.2, -0.15) is 0 Å². The molecule has 0 saturated heterocycles. The number of alkyl halides is 2. The molecule has 0 fully saturated rings. The SMILES string of the molecule is CS(=O)(=O)CCC(F)(F)CO. The molecule has 0 spiro atoms. The van der Waals surface area contributed by atoms with Crippen LogP contribution in [0.2, 0.25) is 0 Å². The van der Waals surface area contributed by atoms with Gasteiger partial charge in [0, 0.05) is 12.7 Å². The molecule has 6 heteroatoms. The minimum absolute atomic E-state index is 0.597. The summed E-state index contributed by atoms with van der Waals surface area (Å²) in [5, 5.41) is 8.05. The molecule has 0 aliphatic carbocycles. The Kier molecular flexibility index (Phi) is 3.37. The molecule has 11 heavy (non-hydrogen) atoms. The van der Waals surface area contributed by atoms with Crippen LogP contribution in [0.5, 0.6) is 0 Å². The van der Waals surface area contributed by atoms with Gasteiger partial charge in [0.1, 0.15) is 16.4 Å². The molecule has 0 aromatic carbocycles. The van der Waals surface area contributed by atoms with Crippen LogP contribution in [-0.4, -0.2) is 38.1 Å². The van der Waals surface area contributed by atoms with Crippen LogP contribution in [0.3, 0.4) is 0 Å². The van der Waals surface area contributed by atoms with Gasteiger partial charge in [0.2, 0.25) is 0 Å². The largest absolute Gasteiger partial charge is 0.390 e. The predicted octanol–water partition coefficient (Wildman–Crippen LogP) is 0.0487. The first-order valence-corrected chi connectivity index (χ1v) is 4.99. The summed E-state index contributed by atoms with van der Waals surface area (Å²) in [6.45, 7) is -1.30. The molecule has 0 aromatic rings. The van der Waals surface area contributed by atoms with E-state index in [9.17, 15) is 17.2 Å². The van der Waals surface area contributed by atoms with Crippen LogP contribution in [-0.2, 0) is 9.84 Å². The van der Waals surface area contributed by atoms with Crippen molar-refractivity contribution in [1.82, 2.24) is 0 Å². The summed E-state index contributed by atoms with van der Waals surface area (Å²) < 4.78 is 45.1. The fourth-order valence-electron chi connectivity index (χ4n) is 0.414. The number of hydrogen-bond donors (Lipinski definition) is 1. The zero-order chi connectivity index (χ0) is 9.12. The van der Waals surface area contributed by atoms with Crippen LogP contribution in [0.25, 0.3) is 0 Å². The van der Waals surface area contributed by atoms with Crippen molar-refractivity contribution in [2.24, 2.45) is 0 Å². The summed E-state index contributed by atoms with van der Waals surface area (Å²) >= 11 is 0. The topological polar surface area (TPSA) is 54.4 Å². The van der Waals surface area contributed by atoms with Gasteiger partial charge in [-0.15, -0.1) is 0 Å². The normalized spacial score (nSPS) is 13.5. The third-order valence-corrected chi connectivity index (χ3v) is 2.02. The average Bonchev–Trinajstić information content (AvgIpc) is 1.83. The van der Waals surface area contributed by atoms with Crippen LogP contribution in [0.15, 0.2) is 0 Å². The first-order valence-electron chi connectivity index (χ1n) is 2.93. The highest BCUT2D eigenvalue weighted by molar-refractivity contribution is 7.90. The third-order valence-electron chi connectivity index (χ3n) is 1.07. The van der Waals surface area contributed by atoms with Crippen molar-refractivity contribution >= 4 is 9.84 Å². The third kappa shape index (κ3) is 6.18. The fourth-order valence-corrected chi connectivity index (χ4v) is 1.08. The van der Waals surface area contributed by atoms with Gasteiger partial charge in [0.25, 0.3) is 5.92 Å². The maximum Gasteiger partial charge on any atom is 0.271 e. The summed E-state index contributed by atoms with van der Waals surface area (Å²) in [4.78, 5) is 0. The first kappa shape index (κ1) is 10.8. The maximum atomic E-state index is 12.2. The van der Waals surface area contributed by atoms with Crippen LogP contribution in [0, 0.1) is 0 Å². The van der Waals surface area contributed by atoms with E-state index in [-0.39, 0.29) is 0 Å². The van der Waals surface area contributed by atoms with Crippen molar-refractivity contribution in [2.45, 2.75) is 12.3 Å². The second kappa shape index (κ2) is 3.44. The minimum Gasteiger partial charge on any atom is -0.390 e. The van der Waals surface area contributed by atoms with Crippen molar-refractivity contribution in [3.63, 3.8) is 0 Å². The Bertz CT molecular complexity index is 210. The van der Waals surface area contributed by atoms with Gasteiger partial charge < -0.3 is 5.11 Å². The molecular weight excluding hydrogens is 178 g/mol. The Morgan fingerprint density at radius 1 is 1.45 bits per heavy atom. The standard InChI is InChI=1S/C5H10F2O3S/c1-11(9,10)3-2-5(6,7)4-8/h8H,2-4H2,1H3. The highest BCUT2D eigenvalue weighted by Gasteiger charge is 2.28. The molecule has 0 bridgehead atoms. The summed E-state index contributed by atoms with van der Waals surface area (Å²) in [5.41, 5.74) is 0. The lowest BCUT2D eigenvalue weighted by Crippen LogP contribution is -2.24. The molecule has 0 radical (unpaired) electrons. The lowest BCUT2D eigenvalue weighted by molar-refractivity contribution is -0.0515. The predicted molar refractivity (Wildman–Crippen MR) is 36.4 cm³/mol. The highest BCUT2D eigenvalue weighted by atomic mass is 32.2. The Morgan fingerprint density at radius 2 is 1.91 bits per heavy atom. The van der Waals surface area contributed by atoms with Crippen LogP contribution < -0.4 is 0 Å². The lowest BCUT2D eigenvalue weighted by atomic mass is 10.3. The van der Waals surface area contributed by atoms with E-state index in [1.54, 1.807) is 0 Å². The molecule has 0 aliphatic heterocycles. The Labute approximate surface area is 63.9 Å². The minimum atomic E-state index is -3.36. The smallest absolute Gasteiger partial charge is 0.271 e. The molecule has 68 valence electrons. The van der Waals surface area contributed by atoms with Crippen molar-refractivity contribution < 1.29 is 22.3 Å². The summed E-state index contributed by atoms with van der Waals surface area (Å²) in [5.74, 6) is -3.87. The monoisotopic (exact) mass is 188 g/mol. The molecule has 0 saturated carbocycles. The number of hydrogen-bond acceptors (Lipinski definition) is 3. The zero-order valence-corrected chi connectivity index (χ0v) is 6.87. The summed E-state index contributed by atoms with van der Waals surface area (Å²) in [6.07, 6.45) is 0.0583. The second-order valence-electron chi connectivity index (χ2n) is 2.39. The van der Waals surface area contributed by atoms with E-state index < -0.39 is 34.5 Å². The van der Waals surface area contributed by atoms with Crippen molar-refractivity contribution in [1.29, 1.82) is 0 Å². The maximum absolute atomic E-state index is 12.2. The molecule has 0 unspecified atom stereocenters. The van der Waals surface area contributed by atoms with Gasteiger partial charge in [-0.1, -0.05) is 0 Å². The van der Waals surface area contributed by atoms with Crippen molar-refractivity contribution in [2.75, 3.05) is 18.6 Å². The van der Waals surface area contributed by atoms with Gasteiger partial charge in [-0.3, -0.25) is 0 Å². The van der Waals surface area contributed by atoms with Gasteiger partial charge in [0.15, 0.2) is 0 Å². The van der Waals surface area contributed by atoms with Gasteiger partial charge in [-0.25, -0.2) is 17.2 Å². The molecule has 3 nitrogen and oxygen atoms in total. The number of rotatable bonds is 4. The molecule has 0 heterocycles. The van der Waals surface area contributed by atoms with Crippen LogP contribution in [0.4, 0.5) is 8.78 Å². The summed E-state index contributed by atoms with van der Waals surface area (Å²) in [7, 11) is -3.36. The molecule has 0 aromatic heterocycles. The Hall–Kier alpha value is -0.230. The molecular formula is C5H10F2O3S. The molecule has 0 atom stereocenters. The van der Waals surface area contributed by atoms with E-state index in [1.807, 2.05) is 0 Å². The van der Waals surface area contributed by atoms with E-state index in [2.05, 4.69) is 0 Å². The van der Waals surface area contributed by atoms with Crippen molar-refractivity contribution in [3.05, 3.63) is 0 Å². The highest BCUT2D eigenvalue weighted by Crippen LogP contribution is 2.17. The average molecular weight is 188 g/mol. The van der Waals surface area contributed by atoms with E-state index in [0.717, 1.165) is 6.26 Å². The number of sulfone groups is 1. The van der Waals surface area contributed by atoms with E-state index in [4.69, 9.17) is 5.11 Å². The first-order chi connectivity index (χ1) is 4.77. The zero-order valence-electron chi connectivity index (χ0n) is 6.05. The van der Waals surface area contributed by atoms with Crippen molar-refractivity contribution in [3.8, 4) is 0 Å². The molecule has 0 amide bonds. The quantitative estimate of drug-likeness (QED) is 0.678. The number of aliphatic hydroxyl groups is 1. The van der Waals surface area contributed by atoms with Gasteiger partial charge in [-0.05, 0) is 0 Å². The van der Waals surface area contributed by atoms with Gasteiger partial charge in [0.05, 0.1) is 5.75 Å². The van der Waals surface area contributed by atoms with Gasteiger partial charge >= 0.3 is 0 Å². The van der Waals surface area contributed by atoms with E-state index in [1.165, 1.54) is 0 Å². The molecule has 0 rings (SSSR count). The van der Waals surface area contributed by atoms with E-state index in [0.29, 0.717) is 0 Å². The summed E-state index contributed by atoms with van der Waals surface area (Å²) in [6, 6.07) is 0. The van der Waals surface area contributed by atoms with E-state index >= 15 is 0 Å². The Balaban J connectivity index is 3.90.